The summed E-state index contributed by atoms with van der Waals surface area (Å²) in [5, 5.41) is 8.86. The minimum atomic E-state index is 0.0349. The van der Waals surface area contributed by atoms with Crippen LogP contribution in [0.2, 0.25) is 0 Å². The molecule has 5 heteroatoms. The van der Waals surface area contributed by atoms with Gasteiger partial charge in [-0.1, -0.05) is 41.5 Å². The van der Waals surface area contributed by atoms with Crippen LogP contribution in [0.3, 0.4) is 0 Å². The summed E-state index contributed by atoms with van der Waals surface area (Å²) in [6, 6.07) is 0. The van der Waals surface area contributed by atoms with Crippen LogP contribution in [-0.4, -0.2) is 16.5 Å². The van der Waals surface area contributed by atoms with E-state index in [1.54, 1.807) is 0 Å². The van der Waals surface area contributed by atoms with E-state index in [2.05, 4.69) is 62.6 Å². The van der Waals surface area contributed by atoms with Gasteiger partial charge in [-0.2, -0.15) is 10.2 Å². The molecule has 0 amide bonds. The van der Waals surface area contributed by atoms with Gasteiger partial charge in [0.2, 0.25) is 5.11 Å². The third kappa shape index (κ3) is 6.69. The molecule has 4 nitrogen and oxygen atoms in total. The minimum Gasteiger partial charge on any atom is -0.252 e. The van der Waals surface area contributed by atoms with Crippen molar-refractivity contribution in [3.8, 4) is 0 Å². The van der Waals surface area contributed by atoms with Crippen LogP contribution >= 0.6 is 12.2 Å². The van der Waals surface area contributed by atoms with Crippen molar-refractivity contribution in [1.82, 2.24) is 10.9 Å². The Hall–Kier alpha value is -0.970. The molecule has 0 spiro atoms. The van der Waals surface area contributed by atoms with Crippen molar-refractivity contribution in [2.75, 3.05) is 0 Å². The molecule has 0 radical (unpaired) electrons. The smallest absolute Gasteiger partial charge is 0.207 e. The van der Waals surface area contributed by atoms with Gasteiger partial charge in [0.1, 0.15) is 0 Å². The maximum atomic E-state index is 5.10. The summed E-state index contributed by atoms with van der Waals surface area (Å²) < 4.78 is 0. The maximum Gasteiger partial charge on any atom is 0.207 e. The van der Waals surface area contributed by atoms with Crippen LogP contribution in [0.1, 0.15) is 55.4 Å². The fraction of sp³-hybridized carbons (Fsp3) is 0.769. The van der Waals surface area contributed by atoms with Crippen molar-refractivity contribution < 1.29 is 0 Å². The molecule has 0 aliphatic carbocycles. The largest absolute Gasteiger partial charge is 0.252 e. The van der Waals surface area contributed by atoms with Crippen LogP contribution < -0.4 is 10.9 Å². The molecule has 0 heterocycles. The first-order valence-electron chi connectivity index (χ1n) is 6.10. The quantitative estimate of drug-likeness (QED) is 0.460. The van der Waals surface area contributed by atoms with Gasteiger partial charge < -0.3 is 0 Å². The van der Waals surface area contributed by atoms with Gasteiger partial charge in [-0.05, 0) is 26.1 Å². The first kappa shape index (κ1) is 17.0. The molecule has 0 aromatic carbocycles. The van der Waals surface area contributed by atoms with Crippen molar-refractivity contribution in [1.29, 1.82) is 0 Å². The van der Waals surface area contributed by atoms with Crippen LogP contribution in [-0.2, 0) is 0 Å². The molecular weight excluding hydrogens is 244 g/mol. The Morgan fingerprint density at radius 2 is 1.06 bits per heavy atom. The third-order valence-corrected chi connectivity index (χ3v) is 3.00. The van der Waals surface area contributed by atoms with E-state index in [4.69, 9.17) is 12.2 Å². The Bertz CT molecular complexity index is 322. The molecule has 0 saturated heterocycles. The molecule has 2 N–H and O–H groups in total. The zero-order valence-electron chi connectivity index (χ0n) is 12.8. The summed E-state index contributed by atoms with van der Waals surface area (Å²) in [4.78, 5) is 0. The molecule has 0 saturated carbocycles. The fourth-order valence-corrected chi connectivity index (χ4v) is 0.721. The van der Waals surface area contributed by atoms with Crippen molar-refractivity contribution in [2.24, 2.45) is 21.0 Å². The Morgan fingerprint density at radius 1 is 0.778 bits per heavy atom. The SMILES string of the molecule is CC(=NNC(=S)NN=C(C)C(C)(C)C)C(C)(C)C. The van der Waals surface area contributed by atoms with E-state index < -0.39 is 0 Å². The summed E-state index contributed by atoms with van der Waals surface area (Å²) >= 11 is 5.10. The highest BCUT2D eigenvalue weighted by Gasteiger charge is 2.15. The van der Waals surface area contributed by atoms with Gasteiger partial charge in [0.15, 0.2) is 0 Å². The van der Waals surface area contributed by atoms with Crippen LogP contribution in [0.15, 0.2) is 10.2 Å². The number of hydrogen-bond acceptors (Lipinski definition) is 3. The number of nitrogens with one attached hydrogen (secondary N) is 2. The number of nitrogens with zero attached hydrogens (tertiary/aromatic N) is 2. The molecule has 18 heavy (non-hydrogen) atoms. The molecule has 104 valence electrons. The first-order chi connectivity index (χ1) is 7.94. The van der Waals surface area contributed by atoms with Crippen molar-refractivity contribution >= 4 is 28.8 Å². The Morgan fingerprint density at radius 3 is 1.28 bits per heavy atom. The van der Waals surface area contributed by atoms with Gasteiger partial charge in [0, 0.05) is 22.3 Å². The van der Waals surface area contributed by atoms with Crippen LogP contribution in [0.4, 0.5) is 0 Å². The van der Waals surface area contributed by atoms with E-state index in [0.717, 1.165) is 11.4 Å². The summed E-state index contributed by atoms with van der Waals surface area (Å²) in [6.45, 7) is 16.6. The van der Waals surface area contributed by atoms with Crippen LogP contribution in [0.25, 0.3) is 0 Å². The lowest BCUT2D eigenvalue weighted by atomic mass is 9.91. The van der Waals surface area contributed by atoms with E-state index >= 15 is 0 Å². The molecular formula is C13H26N4S. The highest BCUT2D eigenvalue weighted by Crippen LogP contribution is 2.15. The topological polar surface area (TPSA) is 48.8 Å². The van der Waals surface area contributed by atoms with Crippen molar-refractivity contribution in [3.05, 3.63) is 0 Å². The predicted octanol–water partition coefficient (Wildman–Crippen LogP) is 3.29. The van der Waals surface area contributed by atoms with E-state index in [1.807, 2.05) is 13.8 Å². The maximum absolute atomic E-state index is 5.10. The molecule has 0 unspecified atom stereocenters. The first-order valence-corrected chi connectivity index (χ1v) is 6.51. The summed E-state index contributed by atoms with van der Waals surface area (Å²) in [6.07, 6.45) is 0. The molecule has 0 fully saturated rings. The number of thiocarbonyl (C=S) groups is 1. The van der Waals surface area contributed by atoms with Crippen LogP contribution in [0.5, 0.6) is 0 Å². The number of rotatable bonds is 2. The summed E-state index contributed by atoms with van der Waals surface area (Å²) in [5.74, 6) is 0. The third-order valence-electron chi connectivity index (χ3n) is 2.82. The molecule has 0 aliphatic rings. The fourth-order valence-electron chi connectivity index (χ4n) is 0.630. The molecule has 0 aromatic heterocycles. The second-order valence-electron chi connectivity index (χ2n) is 6.45. The normalized spacial score (nSPS) is 14.4. The standard InChI is InChI=1S/C13H26N4S/c1-9(12(3,4)5)14-16-11(18)17-15-10(2)13(6,7)8/h1-8H3,(H2,16,17,18). The van der Waals surface area contributed by atoms with Crippen molar-refractivity contribution in [2.45, 2.75) is 55.4 Å². The number of hydrazone groups is 2. The number of hydrogen-bond donors (Lipinski definition) is 2. The minimum absolute atomic E-state index is 0.0349. The Balaban J connectivity index is 4.40. The average molecular weight is 270 g/mol. The molecule has 0 aromatic rings. The lowest BCUT2D eigenvalue weighted by molar-refractivity contribution is 0.580. The Labute approximate surface area is 116 Å². The lowest BCUT2D eigenvalue weighted by Gasteiger charge is -2.19. The van der Waals surface area contributed by atoms with Gasteiger partial charge >= 0.3 is 0 Å². The molecule has 0 atom stereocenters. The van der Waals surface area contributed by atoms with E-state index in [1.165, 1.54) is 0 Å². The zero-order valence-corrected chi connectivity index (χ0v) is 13.6. The van der Waals surface area contributed by atoms with E-state index in [-0.39, 0.29) is 10.8 Å². The van der Waals surface area contributed by atoms with E-state index in [0.29, 0.717) is 5.11 Å². The van der Waals surface area contributed by atoms with Gasteiger partial charge in [0.05, 0.1) is 0 Å². The van der Waals surface area contributed by atoms with Crippen molar-refractivity contribution in [3.63, 3.8) is 0 Å². The van der Waals surface area contributed by atoms with Gasteiger partial charge in [-0.15, -0.1) is 0 Å². The molecule has 0 aliphatic heterocycles. The summed E-state index contributed by atoms with van der Waals surface area (Å²) in [7, 11) is 0. The van der Waals surface area contributed by atoms with E-state index in [9.17, 15) is 0 Å². The summed E-state index contributed by atoms with van der Waals surface area (Å²) in [5.41, 5.74) is 7.64. The lowest BCUT2D eigenvalue weighted by Crippen LogP contribution is -2.32. The highest BCUT2D eigenvalue weighted by molar-refractivity contribution is 7.80. The second kappa shape index (κ2) is 6.27. The highest BCUT2D eigenvalue weighted by atomic mass is 32.1. The monoisotopic (exact) mass is 270 g/mol. The zero-order chi connectivity index (χ0) is 14.6. The molecule has 0 bridgehead atoms. The average Bonchev–Trinajstić information content (AvgIpc) is 2.19. The van der Waals surface area contributed by atoms with Gasteiger partial charge in [-0.25, -0.2) is 0 Å². The molecule has 0 rings (SSSR count). The second-order valence-corrected chi connectivity index (χ2v) is 6.86. The Kier molecular flexibility index (Phi) is 5.93. The van der Waals surface area contributed by atoms with Crippen LogP contribution in [0, 0.1) is 10.8 Å². The van der Waals surface area contributed by atoms with Gasteiger partial charge in [-0.3, -0.25) is 10.9 Å². The van der Waals surface area contributed by atoms with Gasteiger partial charge in [0.25, 0.3) is 0 Å². The predicted molar refractivity (Wildman–Crippen MR) is 84.0 cm³/mol.